The van der Waals surface area contributed by atoms with E-state index in [-0.39, 0.29) is 37.8 Å². The topological polar surface area (TPSA) is 119 Å². The summed E-state index contributed by atoms with van der Waals surface area (Å²) in [4.78, 5) is 11.5. The molecule has 202 valence electrons. The molecule has 1 aliphatic heterocycles. The van der Waals surface area contributed by atoms with Crippen molar-refractivity contribution in [1.82, 2.24) is 0 Å². The van der Waals surface area contributed by atoms with Crippen molar-refractivity contribution in [2.24, 2.45) is 10.1 Å². The number of primary amides is 1. The van der Waals surface area contributed by atoms with Gasteiger partial charge < -0.3 is 15.6 Å². The van der Waals surface area contributed by atoms with E-state index in [0.29, 0.717) is 16.7 Å². The molecule has 10 heteroatoms. The number of amides is 1. The van der Waals surface area contributed by atoms with Crippen LogP contribution < -0.4 is 5.73 Å². The van der Waals surface area contributed by atoms with E-state index in [9.17, 15) is 22.7 Å². The van der Waals surface area contributed by atoms with E-state index in [4.69, 9.17) is 10.5 Å². The number of aliphatic hydroxyl groups excluding tert-OH is 1. The highest BCUT2D eigenvalue weighted by molar-refractivity contribution is 7.90. The lowest BCUT2D eigenvalue weighted by Gasteiger charge is -2.38. The molecule has 2 atom stereocenters. The van der Waals surface area contributed by atoms with Gasteiger partial charge in [0.15, 0.2) is 0 Å². The van der Waals surface area contributed by atoms with Crippen molar-refractivity contribution in [3.05, 3.63) is 95.3 Å². The van der Waals surface area contributed by atoms with Crippen molar-refractivity contribution >= 4 is 34.2 Å². The van der Waals surface area contributed by atoms with E-state index in [2.05, 4.69) is 4.40 Å². The number of nitrogens with zero attached hydrogens (tertiary/aromatic N) is 1. The third kappa shape index (κ3) is 6.23. The Bertz CT molecular complexity index is 1440. The Balaban J connectivity index is 0.00000400. The van der Waals surface area contributed by atoms with Crippen LogP contribution in [0.5, 0.6) is 0 Å². The van der Waals surface area contributed by atoms with Gasteiger partial charge in [-0.3, -0.25) is 4.79 Å². The summed E-state index contributed by atoms with van der Waals surface area (Å²) < 4.78 is 51.2. The third-order valence-corrected chi connectivity index (χ3v) is 8.37. The quantitative estimate of drug-likeness (QED) is 0.395. The Labute approximate surface area is 228 Å². The molecule has 1 aliphatic rings. The van der Waals surface area contributed by atoms with Crippen molar-refractivity contribution in [3.63, 3.8) is 0 Å². The molecule has 0 saturated heterocycles. The lowest BCUT2D eigenvalue weighted by atomic mass is 9.91. The average molecular weight is 561 g/mol. The molecule has 3 aromatic rings. The first kappa shape index (κ1) is 29.3. The Hall–Kier alpha value is -3.27. The van der Waals surface area contributed by atoms with Crippen molar-refractivity contribution in [2.75, 3.05) is 6.61 Å². The van der Waals surface area contributed by atoms with Crippen LogP contribution in [-0.2, 0) is 14.8 Å². The number of ether oxygens (including phenoxy) is 1. The first-order chi connectivity index (χ1) is 17.5. The van der Waals surface area contributed by atoms with Gasteiger partial charge in [-0.05, 0) is 66.6 Å². The van der Waals surface area contributed by atoms with Crippen LogP contribution in [0.15, 0.2) is 77.2 Å². The molecule has 0 unspecified atom stereocenters. The van der Waals surface area contributed by atoms with Gasteiger partial charge in [0.2, 0.25) is 11.8 Å². The largest absolute Gasteiger partial charge is 0.472 e. The summed E-state index contributed by atoms with van der Waals surface area (Å²) in [5.41, 5.74) is 7.03. The summed E-state index contributed by atoms with van der Waals surface area (Å²) in [6.45, 7) is 3.16. The molecule has 3 N–H and O–H groups in total. The van der Waals surface area contributed by atoms with E-state index < -0.39 is 38.5 Å². The van der Waals surface area contributed by atoms with Crippen LogP contribution in [0.2, 0.25) is 0 Å². The first-order valence-electron chi connectivity index (χ1n) is 11.9. The molecule has 1 amide bonds. The second kappa shape index (κ2) is 11.6. The van der Waals surface area contributed by atoms with Gasteiger partial charge in [0.05, 0.1) is 0 Å². The number of hydrogen-bond donors (Lipinski definition) is 2. The minimum atomic E-state index is -4.04. The van der Waals surface area contributed by atoms with Crippen molar-refractivity contribution in [3.8, 4) is 11.1 Å². The minimum Gasteiger partial charge on any atom is -0.472 e. The summed E-state index contributed by atoms with van der Waals surface area (Å²) >= 11 is 0. The van der Waals surface area contributed by atoms with Gasteiger partial charge in [-0.2, -0.15) is 0 Å². The highest BCUT2D eigenvalue weighted by Gasteiger charge is 2.47. The lowest BCUT2D eigenvalue weighted by molar-refractivity contribution is 0.0797. The lowest BCUT2D eigenvalue weighted by Crippen LogP contribution is -2.43. The predicted octanol–water partition coefficient (Wildman–Crippen LogP) is 5.15. The molecule has 0 fully saturated rings. The second-order valence-electron chi connectivity index (χ2n) is 9.59. The molecule has 4 rings (SSSR count). The number of hydrogen-bond acceptors (Lipinski definition) is 5. The van der Waals surface area contributed by atoms with Crippen molar-refractivity contribution in [2.45, 2.75) is 43.5 Å². The van der Waals surface area contributed by atoms with Crippen LogP contribution in [0.1, 0.15) is 59.3 Å². The van der Waals surface area contributed by atoms with Crippen LogP contribution in [0, 0.1) is 5.82 Å². The molecule has 0 bridgehead atoms. The van der Waals surface area contributed by atoms with Crippen LogP contribution in [0.25, 0.3) is 11.1 Å². The summed E-state index contributed by atoms with van der Waals surface area (Å²) in [5.74, 6) is -1.47. The number of sulfonamides is 1. The number of carbonyl (C=O) groups is 1. The molecule has 0 saturated carbocycles. The van der Waals surface area contributed by atoms with E-state index in [0.717, 1.165) is 11.1 Å². The molecule has 7 nitrogen and oxygen atoms in total. The van der Waals surface area contributed by atoms with Gasteiger partial charge in [-0.1, -0.05) is 54.6 Å². The van der Waals surface area contributed by atoms with Gasteiger partial charge in [-0.15, -0.1) is 16.8 Å². The molecule has 0 aromatic heterocycles. The maximum Gasteiger partial charge on any atom is 0.267 e. The zero-order valence-corrected chi connectivity index (χ0v) is 22.6. The third-order valence-electron chi connectivity index (χ3n) is 6.48. The Morgan fingerprint density at radius 1 is 1.08 bits per heavy atom. The SMILES string of the molecule is CC1(C)OC(C[C@@H](CCO)c2ccccc2F)=NS(=O)(=O)[C@@H]1c1ccc(-c2cccc(C(N)=O)c2)cc1.Cl. The fourth-order valence-corrected chi connectivity index (χ4v) is 6.59. The minimum absolute atomic E-state index is 0. The standard InChI is InChI=1S/C28H29FN2O5S.ClH/c1-28(2)26(19-12-10-18(11-13-19)20-6-5-7-22(16-20)27(30)33)37(34,35)31-25(36-28)17-21(14-15-32)23-8-3-4-9-24(23)29;/h3-13,16,21,26,32H,14-15,17H2,1-2H3,(H2,30,33);1H/t21-,26-;/m1./s1. The molecule has 1 heterocycles. The van der Waals surface area contributed by atoms with E-state index in [1.165, 1.54) is 6.07 Å². The highest BCUT2D eigenvalue weighted by Crippen LogP contribution is 2.42. The van der Waals surface area contributed by atoms with Crippen LogP contribution in [0.3, 0.4) is 0 Å². The zero-order chi connectivity index (χ0) is 26.8. The average Bonchev–Trinajstić information content (AvgIpc) is 2.83. The van der Waals surface area contributed by atoms with Crippen molar-refractivity contribution < 1.29 is 27.4 Å². The van der Waals surface area contributed by atoms with E-state index in [1.54, 1.807) is 74.5 Å². The van der Waals surface area contributed by atoms with E-state index in [1.807, 2.05) is 6.07 Å². The van der Waals surface area contributed by atoms with Crippen LogP contribution >= 0.6 is 12.4 Å². The van der Waals surface area contributed by atoms with Gasteiger partial charge >= 0.3 is 0 Å². The number of nitrogens with two attached hydrogens (primary N) is 1. The highest BCUT2D eigenvalue weighted by atomic mass is 35.5. The molecule has 0 spiro atoms. The number of aliphatic hydroxyl groups is 1. The van der Waals surface area contributed by atoms with Crippen molar-refractivity contribution in [1.29, 1.82) is 0 Å². The maximum atomic E-state index is 14.4. The number of carbonyl (C=O) groups excluding carboxylic acids is 1. The number of rotatable bonds is 8. The normalized spacial score (nSPS) is 18.4. The second-order valence-corrected chi connectivity index (χ2v) is 11.3. The van der Waals surface area contributed by atoms with Gasteiger partial charge in [0, 0.05) is 18.6 Å². The van der Waals surface area contributed by atoms with Gasteiger partial charge in [0.1, 0.15) is 16.7 Å². The van der Waals surface area contributed by atoms with Gasteiger partial charge in [-0.25, -0.2) is 12.8 Å². The predicted molar refractivity (Wildman–Crippen MR) is 147 cm³/mol. The summed E-state index contributed by atoms with van der Waals surface area (Å²) in [6, 6.07) is 20.0. The molecule has 3 aromatic carbocycles. The Morgan fingerprint density at radius 2 is 1.76 bits per heavy atom. The fraction of sp³-hybridized carbons (Fsp3) is 0.286. The molecule has 0 aliphatic carbocycles. The van der Waals surface area contributed by atoms with Gasteiger partial charge in [0.25, 0.3) is 10.0 Å². The molecular weight excluding hydrogens is 531 g/mol. The maximum absolute atomic E-state index is 14.4. The van der Waals surface area contributed by atoms with Crippen LogP contribution in [0.4, 0.5) is 4.39 Å². The van der Waals surface area contributed by atoms with Crippen LogP contribution in [-0.4, -0.2) is 37.5 Å². The summed E-state index contributed by atoms with van der Waals surface area (Å²) in [5, 5.41) is 8.45. The monoisotopic (exact) mass is 560 g/mol. The number of halogens is 2. The molecular formula is C28H30ClFN2O5S. The fourth-order valence-electron chi connectivity index (χ4n) is 4.82. The smallest absolute Gasteiger partial charge is 0.267 e. The summed E-state index contributed by atoms with van der Waals surface area (Å²) in [6.07, 6.45) is 0.262. The molecule has 38 heavy (non-hydrogen) atoms. The Kier molecular flexibility index (Phi) is 8.97. The van der Waals surface area contributed by atoms with E-state index >= 15 is 0 Å². The molecule has 0 radical (unpaired) electrons. The first-order valence-corrected chi connectivity index (χ1v) is 13.4. The number of benzene rings is 3. The zero-order valence-electron chi connectivity index (χ0n) is 21.0. The Morgan fingerprint density at radius 3 is 2.37 bits per heavy atom. The summed E-state index contributed by atoms with van der Waals surface area (Å²) in [7, 11) is -4.04.